The standard InChI is InChI=1S/C17H26N2O3S/c1-3-18(13-15-9-5-4-6-10-15)17(20)14-19(23(2,21)22)16-11-7-8-12-16/h4-6,9-10,16H,3,7-8,11-14H2,1-2H3. The lowest BCUT2D eigenvalue weighted by Crippen LogP contribution is -2.46. The zero-order valence-corrected chi connectivity index (χ0v) is 14.8. The Kier molecular flexibility index (Phi) is 6.18. The van der Waals surface area contributed by atoms with E-state index in [0.29, 0.717) is 13.1 Å². The Morgan fingerprint density at radius 1 is 1.17 bits per heavy atom. The molecule has 0 aromatic heterocycles. The van der Waals surface area contributed by atoms with Crippen molar-refractivity contribution < 1.29 is 13.2 Å². The zero-order chi connectivity index (χ0) is 16.9. The van der Waals surface area contributed by atoms with Gasteiger partial charge in [0.2, 0.25) is 15.9 Å². The van der Waals surface area contributed by atoms with E-state index < -0.39 is 10.0 Å². The van der Waals surface area contributed by atoms with Gasteiger partial charge in [0, 0.05) is 19.1 Å². The normalized spacial score (nSPS) is 16.0. The Labute approximate surface area is 139 Å². The molecule has 0 saturated heterocycles. The molecule has 0 atom stereocenters. The van der Waals surface area contributed by atoms with Gasteiger partial charge in [0.25, 0.3) is 0 Å². The minimum Gasteiger partial charge on any atom is -0.338 e. The van der Waals surface area contributed by atoms with Crippen molar-refractivity contribution in [2.75, 3.05) is 19.3 Å². The molecule has 128 valence electrons. The van der Waals surface area contributed by atoms with Crippen LogP contribution in [0.1, 0.15) is 38.2 Å². The van der Waals surface area contributed by atoms with Gasteiger partial charge in [-0.15, -0.1) is 0 Å². The monoisotopic (exact) mass is 338 g/mol. The van der Waals surface area contributed by atoms with Gasteiger partial charge in [-0.2, -0.15) is 4.31 Å². The summed E-state index contributed by atoms with van der Waals surface area (Å²) in [5, 5.41) is 0. The number of sulfonamides is 1. The molecule has 5 nitrogen and oxygen atoms in total. The Morgan fingerprint density at radius 3 is 2.30 bits per heavy atom. The lowest BCUT2D eigenvalue weighted by molar-refractivity contribution is -0.132. The molecular formula is C17H26N2O3S. The van der Waals surface area contributed by atoms with Crippen molar-refractivity contribution in [1.82, 2.24) is 9.21 Å². The minimum atomic E-state index is -3.37. The number of rotatable bonds is 7. The van der Waals surface area contributed by atoms with Crippen LogP contribution in [0, 0.1) is 0 Å². The van der Waals surface area contributed by atoms with Gasteiger partial charge in [-0.1, -0.05) is 43.2 Å². The van der Waals surface area contributed by atoms with Crippen LogP contribution in [0.3, 0.4) is 0 Å². The first-order valence-corrected chi connectivity index (χ1v) is 10.0. The smallest absolute Gasteiger partial charge is 0.238 e. The fourth-order valence-electron chi connectivity index (χ4n) is 3.12. The quantitative estimate of drug-likeness (QED) is 0.766. The highest BCUT2D eigenvalue weighted by Crippen LogP contribution is 2.25. The van der Waals surface area contributed by atoms with Crippen LogP contribution in [0.5, 0.6) is 0 Å². The summed E-state index contributed by atoms with van der Waals surface area (Å²) in [5.41, 5.74) is 1.05. The van der Waals surface area contributed by atoms with Gasteiger partial charge < -0.3 is 4.90 Å². The first kappa shape index (κ1) is 17.9. The van der Waals surface area contributed by atoms with E-state index in [2.05, 4.69) is 0 Å². The fraction of sp³-hybridized carbons (Fsp3) is 0.588. The summed E-state index contributed by atoms with van der Waals surface area (Å²) in [6.07, 6.45) is 4.97. The molecule has 2 rings (SSSR count). The maximum Gasteiger partial charge on any atom is 0.238 e. The van der Waals surface area contributed by atoms with E-state index >= 15 is 0 Å². The average Bonchev–Trinajstić information content (AvgIpc) is 3.03. The Morgan fingerprint density at radius 2 is 1.78 bits per heavy atom. The van der Waals surface area contributed by atoms with Gasteiger partial charge >= 0.3 is 0 Å². The number of likely N-dealkylation sites (N-methyl/N-ethyl adjacent to an activating group) is 1. The first-order chi connectivity index (χ1) is 10.9. The predicted molar refractivity (Wildman–Crippen MR) is 91.3 cm³/mol. The summed E-state index contributed by atoms with van der Waals surface area (Å²) >= 11 is 0. The molecule has 0 bridgehead atoms. The number of hydrogen-bond donors (Lipinski definition) is 0. The summed E-state index contributed by atoms with van der Waals surface area (Å²) < 4.78 is 25.6. The second-order valence-corrected chi connectivity index (χ2v) is 8.08. The highest BCUT2D eigenvalue weighted by molar-refractivity contribution is 7.88. The van der Waals surface area contributed by atoms with Crippen molar-refractivity contribution in [2.24, 2.45) is 0 Å². The Bertz CT molecular complexity index is 610. The van der Waals surface area contributed by atoms with Crippen LogP contribution in [0.2, 0.25) is 0 Å². The molecule has 1 aliphatic rings. The van der Waals surface area contributed by atoms with Gasteiger partial charge in [-0.3, -0.25) is 4.79 Å². The second-order valence-electron chi connectivity index (χ2n) is 6.14. The molecule has 6 heteroatoms. The van der Waals surface area contributed by atoms with Gasteiger partial charge in [0.15, 0.2) is 0 Å². The van der Waals surface area contributed by atoms with Crippen LogP contribution < -0.4 is 0 Å². The summed E-state index contributed by atoms with van der Waals surface area (Å²) in [6, 6.07) is 9.74. The zero-order valence-electron chi connectivity index (χ0n) is 13.9. The van der Waals surface area contributed by atoms with Gasteiger partial charge in [0.1, 0.15) is 0 Å². The first-order valence-electron chi connectivity index (χ1n) is 8.20. The number of carbonyl (C=O) groups excluding carboxylic acids is 1. The SMILES string of the molecule is CCN(Cc1ccccc1)C(=O)CN(C1CCCC1)S(C)(=O)=O. The molecule has 1 aromatic rings. The lowest BCUT2D eigenvalue weighted by atomic mass is 10.2. The van der Waals surface area contributed by atoms with Crippen LogP contribution in [-0.4, -0.2) is 48.9 Å². The molecule has 0 unspecified atom stereocenters. The molecule has 23 heavy (non-hydrogen) atoms. The van der Waals surface area contributed by atoms with Crippen LogP contribution in [0.25, 0.3) is 0 Å². The highest BCUT2D eigenvalue weighted by Gasteiger charge is 2.31. The van der Waals surface area contributed by atoms with Crippen molar-refractivity contribution in [3.63, 3.8) is 0 Å². The van der Waals surface area contributed by atoms with E-state index in [1.54, 1.807) is 4.90 Å². The van der Waals surface area contributed by atoms with E-state index in [-0.39, 0.29) is 18.5 Å². The summed E-state index contributed by atoms with van der Waals surface area (Å²) in [7, 11) is -3.37. The van der Waals surface area contributed by atoms with Crippen LogP contribution in [0.15, 0.2) is 30.3 Å². The summed E-state index contributed by atoms with van der Waals surface area (Å²) in [5.74, 6) is -0.131. The van der Waals surface area contributed by atoms with Crippen molar-refractivity contribution >= 4 is 15.9 Å². The average molecular weight is 338 g/mol. The molecule has 0 heterocycles. The fourth-order valence-corrected chi connectivity index (χ4v) is 4.22. The Balaban J connectivity index is 2.06. The van der Waals surface area contributed by atoms with E-state index in [4.69, 9.17) is 0 Å². The number of nitrogens with zero attached hydrogens (tertiary/aromatic N) is 2. The Hall–Kier alpha value is -1.40. The van der Waals surface area contributed by atoms with Gasteiger partial charge in [-0.25, -0.2) is 8.42 Å². The van der Waals surface area contributed by atoms with Crippen molar-refractivity contribution in [1.29, 1.82) is 0 Å². The van der Waals surface area contributed by atoms with Crippen molar-refractivity contribution in [3.05, 3.63) is 35.9 Å². The highest BCUT2D eigenvalue weighted by atomic mass is 32.2. The molecule has 0 spiro atoms. The molecule has 0 aliphatic heterocycles. The van der Waals surface area contributed by atoms with Gasteiger partial charge in [-0.05, 0) is 25.3 Å². The topological polar surface area (TPSA) is 57.7 Å². The van der Waals surface area contributed by atoms with E-state index in [9.17, 15) is 13.2 Å². The molecule has 1 saturated carbocycles. The van der Waals surface area contributed by atoms with Crippen molar-refractivity contribution in [2.45, 2.75) is 45.2 Å². The summed E-state index contributed by atoms with van der Waals surface area (Å²) in [6.45, 7) is 2.94. The predicted octanol–water partition coefficient (Wildman–Crippen LogP) is 2.24. The van der Waals surface area contributed by atoms with E-state index in [1.807, 2.05) is 37.3 Å². The maximum absolute atomic E-state index is 12.6. The molecule has 0 radical (unpaired) electrons. The third kappa shape index (κ3) is 5.04. The number of benzene rings is 1. The summed E-state index contributed by atoms with van der Waals surface area (Å²) in [4.78, 5) is 14.3. The number of hydrogen-bond acceptors (Lipinski definition) is 3. The third-order valence-electron chi connectivity index (χ3n) is 4.40. The minimum absolute atomic E-state index is 0.0237. The number of amides is 1. The second kappa shape index (κ2) is 7.93. The van der Waals surface area contributed by atoms with E-state index in [1.165, 1.54) is 10.6 Å². The van der Waals surface area contributed by atoms with Crippen molar-refractivity contribution in [3.8, 4) is 0 Å². The largest absolute Gasteiger partial charge is 0.338 e. The molecule has 1 aromatic carbocycles. The van der Waals surface area contributed by atoms with Gasteiger partial charge in [0.05, 0.1) is 12.8 Å². The molecule has 0 N–H and O–H groups in total. The maximum atomic E-state index is 12.6. The third-order valence-corrected chi connectivity index (χ3v) is 5.68. The van der Waals surface area contributed by atoms with Crippen LogP contribution in [0.4, 0.5) is 0 Å². The molecule has 1 aliphatic carbocycles. The number of carbonyl (C=O) groups is 1. The van der Waals surface area contributed by atoms with E-state index in [0.717, 1.165) is 31.2 Å². The van der Waals surface area contributed by atoms with Crippen LogP contribution in [-0.2, 0) is 21.4 Å². The molecular weight excluding hydrogens is 312 g/mol. The lowest BCUT2D eigenvalue weighted by Gasteiger charge is -2.29. The molecule has 1 amide bonds. The van der Waals surface area contributed by atoms with Crippen LogP contribution >= 0.6 is 0 Å². The molecule has 1 fully saturated rings.